The Labute approximate surface area is 183 Å². The highest BCUT2D eigenvalue weighted by atomic mass is 32.1. The molecule has 0 spiro atoms. The van der Waals surface area contributed by atoms with Crippen LogP contribution in [0.4, 0.5) is 10.0 Å². The van der Waals surface area contributed by atoms with Crippen molar-refractivity contribution in [2.24, 2.45) is 0 Å². The zero-order valence-electron chi connectivity index (χ0n) is 16.3. The third-order valence-electron chi connectivity index (χ3n) is 5.42. The zero-order chi connectivity index (χ0) is 20.8. The largest absolute Gasteiger partial charge is 0.390 e. The van der Waals surface area contributed by atoms with Crippen LogP contribution in [-0.4, -0.2) is 0 Å². The highest BCUT2D eigenvalue weighted by molar-refractivity contribution is 7.25. The number of hydrogen-bond donors (Lipinski definition) is 2. The van der Waals surface area contributed by atoms with E-state index in [4.69, 9.17) is 11.5 Å². The monoisotopic (exact) mass is 424 g/mol. The third kappa shape index (κ3) is 2.93. The second-order valence-corrected chi connectivity index (χ2v) is 9.35. The van der Waals surface area contributed by atoms with Crippen LogP contribution in [0.3, 0.4) is 0 Å². The van der Waals surface area contributed by atoms with E-state index in [0.29, 0.717) is 0 Å². The molecule has 0 atom stereocenters. The predicted octanol–water partition coefficient (Wildman–Crippen LogP) is 7.90. The molecule has 0 fully saturated rings. The molecule has 0 saturated heterocycles. The lowest BCUT2D eigenvalue weighted by Gasteiger charge is -2.04. The van der Waals surface area contributed by atoms with Gasteiger partial charge in [0.15, 0.2) is 0 Å². The smallest absolute Gasteiger partial charge is 0.0948 e. The molecule has 4 N–H and O–H groups in total. The minimum Gasteiger partial charge on any atom is -0.390 e. The number of nitrogen functional groups attached to an aromatic ring is 2. The molecule has 0 radical (unpaired) electrons. The Bertz CT molecular complexity index is 1310. The molecule has 0 aliphatic carbocycles. The minimum absolute atomic E-state index is 0.832. The molecule has 2 aromatic heterocycles. The maximum absolute atomic E-state index is 6.47. The van der Waals surface area contributed by atoms with E-state index in [1.165, 1.54) is 20.2 Å². The molecule has 0 saturated carbocycles. The Hall–Kier alpha value is -3.34. The normalized spacial score (nSPS) is 11.2. The Morgan fingerprint density at radius 2 is 0.967 bits per heavy atom. The third-order valence-corrected chi connectivity index (χ3v) is 7.39. The summed E-state index contributed by atoms with van der Waals surface area (Å²) in [5, 5.41) is 4.01. The first-order valence-corrected chi connectivity index (χ1v) is 11.2. The van der Waals surface area contributed by atoms with Crippen LogP contribution in [0.2, 0.25) is 0 Å². The van der Waals surface area contributed by atoms with Gasteiger partial charge in [0.1, 0.15) is 0 Å². The molecule has 0 amide bonds. The summed E-state index contributed by atoms with van der Waals surface area (Å²) in [6, 6.07) is 21.2. The van der Waals surface area contributed by atoms with E-state index >= 15 is 0 Å². The quantitative estimate of drug-likeness (QED) is 0.308. The number of benzene rings is 3. The Kier molecular flexibility index (Phi) is 4.46. The molecule has 0 aliphatic rings. The summed E-state index contributed by atoms with van der Waals surface area (Å²) >= 11 is 3.25. The lowest BCUT2D eigenvalue weighted by molar-refractivity contribution is 1.65. The molecule has 146 valence electrons. The van der Waals surface area contributed by atoms with Crippen LogP contribution in [0.1, 0.15) is 11.1 Å². The number of rotatable bonds is 4. The van der Waals surface area contributed by atoms with E-state index in [0.717, 1.165) is 43.4 Å². The van der Waals surface area contributed by atoms with Gasteiger partial charge in [-0.1, -0.05) is 73.8 Å². The lowest BCUT2D eigenvalue weighted by Crippen LogP contribution is -1.85. The van der Waals surface area contributed by atoms with Gasteiger partial charge in [-0.05, 0) is 34.4 Å². The molecule has 0 unspecified atom stereocenters. The highest BCUT2D eigenvalue weighted by Crippen LogP contribution is 2.47. The van der Waals surface area contributed by atoms with Gasteiger partial charge >= 0.3 is 0 Å². The molecule has 4 heteroatoms. The van der Waals surface area contributed by atoms with Crippen LogP contribution in [0, 0.1) is 0 Å². The van der Waals surface area contributed by atoms with Gasteiger partial charge in [0, 0.05) is 31.3 Å². The first-order chi connectivity index (χ1) is 14.6. The van der Waals surface area contributed by atoms with Crippen LogP contribution in [-0.2, 0) is 0 Å². The topological polar surface area (TPSA) is 52.0 Å². The lowest BCUT2D eigenvalue weighted by atomic mass is 9.99. The van der Waals surface area contributed by atoms with Crippen LogP contribution in [0.15, 0.2) is 73.8 Å². The van der Waals surface area contributed by atoms with Gasteiger partial charge in [0.05, 0.1) is 10.0 Å². The van der Waals surface area contributed by atoms with E-state index in [2.05, 4.69) is 73.8 Å². The first kappa shape index (κ1) is 18.7. The van der Waals surface area contributed by atoms with Crippen LogP contribution < -0.4 is 11.5 Å². The second kappa shape index (κ2) is 7.17. The van der Waals surface area contributed by atoms with E-state index in [9.17, 15) is 0 Å². The first-order valence-electron chi connectivity index (χ1n) is 9.59. The summed E-state index contributed by atoms with van der Waals surface area (Å²) < 4.78 is 2.34. The van der Waals surface area contributed by atoms with Gasteiger partial charge in [-0.15, -0.1) is 22.7 Å². The maximum Gasteiger partial charge on any atom is 0.0948 e. The SMILES string of the molecule is C=Cc1ccc(-c2c(N)sc3cc4c(-c5ccc(C=C)cc5)c(N)sc4cc23)cc1. The Morgan fingerprint density at radius 3 is 1.30 bits per heavy atom. The summed E-state index contributed by atoms with van der Waals surface area (Å²) in [4.78, 5) is 0. The molecular weight excluding hydrogens is 404 g/mol. The highest BCUT2D eigenvalue weighted by Gasteiger charge is 2.17. The molecule has 0 bridgehead atoms. The summed E-state index contributed by atoms with van der Waals surface area (Å²) in [5.74, 6) is 0. The Balaban J connectivity index is 1.72. The molecular formula is C26H20N2S2. The molecule has 30 heavy (non-hydrogen) atoms. The van der Waals surface area contributed by atoms with E-state index in [-0.39, 0.29) is 0 Å². The average molecular weight is 425 g/mol. The summed E-state index contributed by atoms with van der Waals surface area (Å²) in [5.41, 5.74) is 19.5. The van der Waals surface area contributed by atoms with E-state index in [1.54, 1.807) is 22.7 Å². The second-order valence-electron chi connectivity index (χ2n) is 7.18. The fourth-order valence-corrected chi connectivity index (χ4v) is 5.92. The van der Waals surface area contributed by atoms with Crippen molar-refractivity contribution in [3.8, 4) is 22.3 Å². The molecule has 5 rings (SSSR count). The van der Waals surface area contributed by atoms with Gasteiger partial charge in [-0.2, -0.15) is 0 Å². The number of thiophene rings is 2. The summed E-state index contributed by atoms with van der Waals surface area (Å²) in [6.07, 6.45) is 3.69. The number of anilines is 2. The van der Waals surface area contributed by atoms with Crippen molar-refractivity contribution in [3.05, 3.63) is 84.9 Å². The van der Waals surface area contributed by atoms with Gasteiger partial charge in [0.2, 0.25) is 0 Å². The number of hydrogen-bond acceptors (Lipinski definition) is 4. The van der Waals surface area contributed by atoms with Gasteiger partial charge in [-0.3, -0.25) is 0 Å². The zero-order valence-corrected chi connectivity index (χ0v) is 17.9. The van der Waals surface area contributed by atoms with Crippen molar-refractivity contribution in [1.29, 1.82) is 0 Å². The molecule has 3 aromatic carbocycles. The maximum atomic E-state index is 6.47. The Morgan fingerprint density at radius 1 is 0.600 bits per heavy atom. The fraction of sp³-hybridized carbons (Fsp3) is 0. The van der Waals surface area contributed by atoms with E-state index < -0.39 is 0 Å². The minimum atomic E-state index is 0.832. The molecule has 0 aliphatic heterocycles. The summed E-state index contributed by atoms with van der Waals surface area (Å²) in [7, 11) is 0. The van der Waals surface area contributed by atoms with E-state index in [1.807, 2.05) is 12.2 Å². The molecule has 2 heterocycles. The van der Waals surface area contributed by atoms with Crippen molar-refractivity contribution < 1.29 is 0 Å². The molecule has 2 nitrogen and oxygen atoms in total. The van der Waals surface area contributed by atoms with Crippen molar-refractivity contribution in [2.75, 3.05) is 11.5 Å². The van der Waals surface area contributed by atoms with Crippen molar-refractivity contribution >= 4 is 65.0 Å². The van der Waals surface area contributed by atoms with Crippen molar-refractivity contribution in [1.82, 2.24) is 0 Å². The van der Waals surface area contributed by atoms with Crippen LogP contribution in [0.5, 0.6) is 0 Å². The molecule has 5 aromatic rings. The van der Waals surface area contributed by atoms with Crippen molar-refractivity contribution in [3.63, 3.8) is 0 Å². The average Bonchev–Trinajstić information content (AvgIpc) is 3.26. The predicted molar refractivity (Wildman–Crippen MR) is 137 cm³/mol. The van der Waals surface area contributed by atoms with Crippen LogP contribution >= 0.6 is 22.7 Å². The summed E-state index contributed by atoms with van der Waals surface area (Å²) in [6.45, 7) is 7.66. The van der Waals surface area contributed by atoms with Crippen LogP contribution in [0.25, 0.3) is 54.6 Å². The number of fused-ring (bicyclic) bond motifs is 2. The van der Waals surface area contributed by atoms with Crippen molar-refractivity contribution in [2.45, 2.75) is 0 Å². The standard InChI is InChI=1S/C26H20N2S2/c1-3-15-5-9-17(10-6-15)23-19-13-22-20(14-21(19)29-25(23)27)24(26(28)30-22)18-11-7-16(4-2)8-12-18/h3-14H,1-2,27-28H2. The number of nitrogens with two attached hydrogens (primary N) is 2. The fourth-order valence-electron chi connectivity index (χ4n) is 3.89. The van der Waals surface area contributed by atoms with Gasteiger partial charge in [-0.25, -0.2) is 0 Å². The van der Waals surface area contributed by atoms with Gasteiger partial charge < -0.3 is 11.5 Å². The van der Waals surface area contributed by atoms with Gasteiger partial charge in [0.25, 0.3) is 0 Å².